The lowest BCUT2D eigenvalue weighted by Crippen LogP contribution is -2.55. The van der Waals surface area contributed by atoms with Crippen molar-refractivity contribution in [2.45, 2.75) is 0 Å². The highest BCUT2D eigenvalue weighted by Crippen LogP contribution is 2.43. The standard InChI is InChI=1S/C60H32B5N7/c61-50-49(51(62)53(64)54(65)52(50)63)60-70-57(35-20-8-3-9-21-35)69-59(71-60)45-30-36(58-67-55(33-16-4-1-5-17-33)66-56(68-58)34-18-6-2-7-19-34)28-29-47(45)72-46-27-15-14-26-41(46)44-31-42-39-24-12-10-22-37(39)38-23-11-13-25-40(38)43(42)32-48(44)72/h1-32H. The largest absolute Gasteiger partial charge is 0.308 e. The van der Waals surface area contributed by atoms with E-state index in [1.54, 1.807) is 0 Å². The van der Waals surface area contributed by atoms with Crippen LogP contribution in [0.4, 0.5) is 0 Å². The number of fused-ring (bicyclic) bond motifs is 9. The molecule has 13 aromatic rings. The second-order valence-electron chi connectivity index (χ2n) is 17.7. The predicted octanol–water partition coefficient (Wildman–Crippen LogP) is 8.58. The molecule has 0 spiro atoms. The Hall–Kier alpha value is -8.88. The molecule has 0 saturated heterocycles. The molecule has 0 atom stereocenters. The Morgan fingerprint density at radius 3 is 1.18 bits per heavy atom. The molecule has 0 amide bonds. The average Bonchev–Trinajstić information content (AvgIpc) is 3.77. The molecule has 0 aliphatic rings. The van der Waals surface area contributed by atoms with Crippen molar-refractivity contribution in [2.24, 2.45) is 0 Å². The number of hydrogen-bond acceptors (Lipinski definition) is 6. The first-order chi connectivity index (χ1) is 35.3. The summed E-state index contributed by atoms with van der Waals surface area (Å²) in [6.45, 7) is 0. The Morgan fingerprint density at radius 2 is 0.653 bits per heavy atom. The molecule has 0 aliphatic carbocycles. The SMILES string of the molecule is [B]c1c([B])c([B])c(-c2nc(-c3ccccc3)nc(-c3cc(-c4nc(-c5ccccc5)nc(-c5ccccc5)n4)ccc3-n3c4ccccc4c4cc5c6ccccc6c6ccccc6c5cc43)n2)c([B])c1[B]. The fraction of sp³-hybridized carbons (Fsp3) is 0. The number of rotatable bonds is 7. The van der Waals surface area contributed by atoms with Gasteiger partial charge in [0, 0.05) is 44.2 Å². The minimum absolute atomic E-state index is 0.0821. The molecule has 72 heavy (non-hydrogen) atoms. The molecule has 10 radical (unpaired) electrons. The quantitative estimate of drug-likeness (QED) is 0.118. The van der Waals surface area contributed by atoms with Crippen LogP contribution in [0.25, 0.3) is 128 Å². The van der Waals surface area contributed by atoms with E-state index in [-0.39, 0.29) is 38.7 Å². The van der Waals surface area contributed by atoms with E-state index in [1.165, 1.54) is 21.5 Å². The molecule has 3 heterocycles. The van der Waals surface area contributed by atoms with Gasteiger partial charge in [-0.2, -0.15) is 0 Å². The predicted molar refractivity (Wildman–Crippen MR) is 300 cm³/mol. The molecule has 0 fully saturated rings. The monoisotopic (exact) mass is 905 g/mol. The third kappa shape index (κ3) is 7.04. The van der Waals surface area contributed by atoms with E-state index in [2.05, 4.69) is 95.6 Å². The Morgan fingerprint density at radius 1 is 0.264 bits per heavy atom. The second-order valence-corrected chi connectivity index (χ2v) is 17.7. The topological polar surface area (TPSA) is 82.3 Å². The summed E-state index contributed by atoms with van der Waals surface area (Å²) < 4.78 is 2.29. The average molecular weight is 905 g/mol. The van der Waals surface area contributed by atoms with Crippen molar-refractivity contribution in [3.63, 3.8) is 0 Å². The Balaban J connectivity index is 1.15. The molecule has 0 unspecified atom stereocenters. The van der Waals surface area contributed by atoms with E-state index in [1.807, 2.05) is 103 Å². The van der Waals surface area contributed by atoms with Crippen LogP contribution in [-0.4, -0.2) is 73.7 Å². The van der Waals surface area contributed by atoms with Crippen molar-refractivity contribution in [2.75, 3.05) is 0 Å². The molecule has 322 valence electrons. The summed E-state index contributed by atoms with van der Waals surface area (Å²) in [6.07, 6.45) is 0. The van der Waals surface area contributed by atoms with E-state index in [4.69, 9.17) is 69.1 Å². The lowest BCUT2D eigenvalue weighted by molar-refractivity contribution is 1.06. The van der Waals surface area contributed by atoms with Gasteiger partial charge >= 0.3 is 0 Å². The van der Waals surface area contributed by atoms with E-state index < -0.39 is 0 Å². The van der Waals surface area contributed by atoms with Gasteiger partial charge in [0.1, 0.15) is 39.2 Å². The third-order valence-electron chi connectivity index (χ3n) is 13.6. The van der Waals surface area contributed by atoms with Crippen LogP contribution in [0.1, 0.15) is 0 Å². The van der Waals surface area contributed by atoms with Gasteiger partial charge in [-0.1, -0.05) is 169 Å². The van der Waals surface area contributed by atoms with Crippen molar-refractivity contribution in [1.29, 1.82) is 0 Å². The van der Waals surface area contributed by atoms with Gasteiger partial charge in [-0.25, -0.2) is 29.9 Å². The molecule has 0 N–H and O–H groups in total. The molecule has 12 heteroatoms. The molecular formula is C60H32B5N7. The zero-order chi connectivity index (χ0) is 48.6. The molecule has 0 saturated carbocycles. The summed E-state index contributed by atoms with van der Waals surface area (Å²) >= 11 is 0. The van der Waals surface area contributed by atoms with Gasteiger partial charge in [-0.15, -0.1) is 16.4 Å². The van der Waals surface area contributed by atoms with Crippen LogP contribution < -0.4 is 27.3 Å². The van der Waals surface area contributed by atoms with Crippen LogP contribution in [0.15, 0.2) is 194 Å². The van der Waals surface area contributed by atoms with Crippen molar-refractivity contribution < 1.29 is 0 Å². The van der Waals surface area contributed by atoms with Gasteiger partial charge in [-0.05, 0) is 68.7 Å². The zero-order valence-corrected chi connectivity index (χ0v) is 38.5. The first-order valence-corrected chi connectivity index (χ1v) is 23.4. The highest BCUT2D eigenvalue weighted by atomic mass is 15.1. The van der Waals surface area contributed by atoms with Crippen molar-refractivity contribution in [3.05, 3.63) is 194 Å². The summed E-state index contributed by atoms with van der Waals surface area (Å²) in [6, 6.07) is 66.0. The third-order valence-corrected chi connectivity index (χ3v) is 13.6. The summed E-state index contributed by atoms with van der Waals surface area (Å²) in [5, 5.41) is 9.19. The Kier molecular flexibility index (Phi) is 10.3. The molecule has 0 bridgehead atoms. The van der Waals surface area contributed by atoms with Crippen LogP contribution in [0.5, 0.6) is 0 Å². The van der Waals surface area contributed by atoms with Gasteiger partial charge in [0.2, 0.25) is 0 Å². The zero-order valence-electron chi connectivity index (χ0n) is 38.5. The molecule has 13 rings (SSSR count). The minimum Gasteiger partial charge on any atom is -0.308 e. The molecule has 3 aromatic heterocycles. The number of hydrogen-bond donors (Lipinski definition) is 0. The first-order valence-electron chi connectivity index (χ1n) is 23.4. The molecule has 0 aliphatic heterocycles. The fourth-order valence-electron chi connectivity index (χ4n) is 10.0. The van der Waals surface area contributed by atoms with E-state index >= 15 is 0 Å². The second kappa shape index (κ2) is 17.2. The Bertz CT molecular complexity index is 4250. The highest BCUT2D eigenvalue weighted by Gasteiger charge is 2.24. The fourth-order valence-corrected chi connectivity index (χ4v) is 10.0. The maximum Gasteiger partial charge on any atom is 0.166 e. The summed E-state index contributed by atoms with van der Waals surface area (Å²) in [7, 11) is 32.9. The normalized spacial score (nSPS) is 11.6. The summed E-state index contributed by atoms with van der Waals surface area (Å²) in [5.74, 6) is 2.34. The lowest BCUT2D eigenvalue weighted by atomic mass is 9.60. The lowest BCUT2D eigenvalue weighted by Gasteiger charge is -2.21. The van der Waals surface area contributed by atoms with Crippen molar-refractivity contribution in [1.82, 2.24) is 34.5 Å². The maximum atomic E-state index is 6.77. The maximum absolute atomic E-state index is 6.77. The van der Waals surface area contributed by atoms with E-state index in [0.29, 0.717) is 40.2 Å². The molecule has 7 nitrogen and oxygen atoms in total. The highest BCUT2D eigenvalue weighted by molar-refractivity contribution is 6.68. The van der Waals surface area contributed by atoms with Crippen LogP contribution in [0.2, 0.25) is 0 Å². The molecular weight excluding hydrogens is 873 g/mol. The van der Waals surface area contributed by atoms with Crippen LogP contribution in [0.3, 0.4) is 0 Å². The van der Waals surface area contributed by atoms with Gasteiger partial charge in [0.05, 0.1) is 16.7 Å². The van der Waals surface area contributed by atoms with Crippen molar-refractivity contribution >= 4 is 121 Å². The van der Waals surface area contributed by atoms with E-state index in [9.17, 15) is 0 Å². The first kappa shape index (κ1) is 43.2. The van der Waals surface area contributed by atoms with Gasteiger partial charge in [-0.3, -0.25) is 0 Å². The van der Waals surface area contributed by atoms with Crippen LogP contribution in [0, 0.1) is 0 Å². The van der Waals surface area contributed by atoms with Crippen LogP contribution >= 0.6 is 0 Å². The number of nitrogens with zero attached hydrogens (tertiary/aromatic N) is 7. The summed E-state index contributed by atoms with van der Waals surface area (Å²) in [5.41, 5.74) is 7.20. The van der Waals surface area contributed by atoms with Gasteiger partial charge in [0.15, 0.2) is 34.9 Å². The smallest absolute Gasteiger partial charge is 0.166 e. The number of aromatic nitrogens is 7. The van der Waals surface area contributed by atoms with E-state index in [0.717, 1.165) is 55.0 Å². The van der Waals surface area contributed by atoms with Gasteiger partial charge in [0.25, 0.3) is 0 Å². The number of benzene rings is 10. The van der Waals surface area contributed by atoms with Crippen molar-refractivity contribution in [3.8, 4) is 74.0 Å². The Labute approximate surface area is 421 Å². The minimum atomic E-state index is 0.0821. The molecule has 10 aromatic carbocycles. The summed E-state index contributed by atoms with van der Waals surface area (Å²) in [4.78, 5) is 30.8. The van der Waals surface area contributed by atoms with Crippen LogP contribution in [-0.2, 0) is 0 Å². The van der Waals surface area contributed by atoms with Gasteiger partial charge < -0.3 is 4.57 Å². The number of para-hydroxylation sites is 1.